The lowest BCUT2D eigenvalue weighted by molar-refractivity contribution is 0.0941. The molecule has 0 fully saturated rings. The van der Waals surface area contributed by atoms with Gasteiger partial charge in [0, 0.05) is 25.2 Å². The van der Waals surface area contributed by atoms with E-state index in [2.05, 4.69) is 29.2 Å². The van der Waals surface area contributed by atoms with Crippen molar-refractivity contribution in [2.75, 3.05) is 6.79 Å². The van der Waals surface area contributed by atoms with Gasteiger partial charge in [0.15, 0.2) is 23.0 Å². The summed E-state index contributed by atoms with van der Waals surface area (Å²) in [6.45, 7) is 5.98. The minimum Gasteiger partial charge on any atom is -0.454 e. The minimum absolute atomic E-state index is 0.210. The van der Waals surface area contributed by atoms with E-state index in [0.717, 1.165) is 24.0 Å². The molecule has 174 valence electrons. The zero-order chi connectivity index (χ0) is 23.2. The maximum Gasteiger partial charge on any atom is 0.273 e. The van der Waals surface area contributed by atoms with E-state index in [1.165, 1.54) is 12.1 Å². The van der Waals surface area contributed by atoms with E-state index in [1.54, 1.807) is 18.2 Å². The first-order valence-electron chi connectivity index (χ1n) is 11.2. The molecule has 0 saturated carbocycles. The first-order valence-corrected chi connectivity index (χ1v) is 11.2. The minimum atomic E-state index is -0.310. The number of hydrogen-bond acceptors (Lipinski definition) is 6. The number of nitrogens with zero attached hydrogens (tertiary/aromatic N) is 2. The summed E-state index contributed by atoms with van der Waals surface area (Å²) in [6.07, 6.45) is 1.93. The van der Waals surface area contributed by atoms with Crippen molar-refractivity contribution in [3.8, 4) is 11.5 Å². The standard InChI is InChI=1S/C25H28FN3O4/c1-3-20(4-2)29(14-17-5-8-19(26)9-6-17)15-21-12-22(28-33-21)25(30)27-13-18-7-10-23-24(11-18)32-16-31-23/h5-12,20H,3-4,13-16H2,1-2H3,(H,27,30). The third-order valence-corrected chi connectivity index (χ3v) is 5.80. The van der Waals surface area contributed by atoms with Crippen molar-refractivity contribution in [2.24, 2.45) is 0 Å². The number of carbonyl (C=O) groups excluding carboxylic acids is 1. The predicted molar refractivity (Wildman–Crippen MR) is 120 cm³/mol. The molecule has 0 atom stereocenters. The van der Waals surface area contributed by atoms with Crippen LogP contribution in [-0.2, 0) is 19.6 Å². The van der Waals surface area contributed by atoms with E-state index in [9.17, 15) is 9.18 Å². The van der Waals surface area contributed by atoms with Crippen LogP contribution in [0.25, 0.3) is 0 Å². The zero-order valence-corrected chi connectivity index (χ0v) is 18.8. The highest BCUT2D eigenvalue weighted by molar-refractivity contribution is 5.92. The van der Waals surface area contributed by atoms with Gasteiger partial charge in [0.25, 0.3) is 5.91 Å². The second-order valence-corrected chi connectivity index (χ2v) is 8.05. The van der Waals surface area contributed by atoms with Crippen LogP contribution < -0.4 is 14.8 Å². The molecule has 3 aromatic rings. The Morgan fingerprint density at radius 3 is 2.52 bits per heavy atom. The summed E-state index contributed by atoms with van der Waals surface area (Å²) >= 11 is 0. The summed E-state index contributed by atoms with van der Waals surface area (Å²) < 4.78 is 29.4. The average molecular weight is 454 g/mol. The van der Waals surface area contributed by atoms with E-state index in [-0.39, 0.29) is 24.2 Å². The number of nitrogens with one attached hydrogen (secondary N) is 1. The van der Waals surface area contributed by atoms with E-state index in [0.29, 0.717) is 42.9 Å². The van der Waals surface area contributed by atoms with Gasteiger partial charge in [0.1, 0.15) is 5.82 Å². The summed E-state index contributed by atoms with van der Waals surface area (Å²) in [5.41, 5.74) is 2.15. The molecule has 1 aromatic heterocycles. The second-order valence-electron chi connectivity index (χ2n) is 8.05. The Labute approximate surface area is 192 Å². The molecule has 0 aliphatic carbocycles. The molecule has 1 N–H and O–H groups in total. The van der Waals surface area contributed by atoms with Crippen LogP contribution in [0.3, 0.4) is 0 Å². The first kappa shape index (κ1) is 22.8. The fourth-order valence-electron chi connectivity index (χ4n) is 3.96. The van der Waals surface area contributed by atoms with Crippen molar-refractivity contribution in [3.05, 3.63) is 76.9 Å². The maximum atomic E-state index is 13.3. The highest BCUT2D eigenvalue weighted by Crippen LogP contribution is 2.32. The Morgan fingerprint density at radius 1 is 1.03 bits per heavy atom. The predicted octanol–water partition coefficient (Wildman–Crippen LogP) is 4.66. The number of ether oxygens (including phenoxy) is 2. The third-order valence-electron chi connectivity index (χ3n) is 5.80. The van der Waals surface area contributed by atoms with Crippen LogP contribution in [0.15, 0.2) is 53.1 Å². The lowest BCUT2D eigenvalue weighted by Gasteiger charge is -2.29. The van der Waals surface area contributed by atoms with Gasteiger partial charge in [-0.15, -0.1) is 0 Å². The Balaban J connectivity index is 1.38. The SMILES string of the molecule is CCC(CC)N(Cc1ccc(F)cc1)Cc1cc(C(=O)NCc2ccc3c(c2)OCO3)no1. The Kier molecular flexibility index (Phi) is 7.24. The Hall–Kier alpha value is -3.39. The van der Waals surface area contributed by atoms with Crippen LogP contribution >= 0.6 is 0 Å². The molecule has 0 bridgehead atoms. The molecule has 2 heterocycles. The quantitative estimate of drug-likeness (QED) is 0.481. The first-order chi connectivity index (χ1) is 16.1. The molecule has 0 saturated heterocycles. The monoisotopic (exact) mass is 453 g/mol. The van der Waals surface area contributed by atoms with Gasteiger partial charge in [-0.05, 0) is 48.2 Å². The summed E-state index contributed by atoms with van der Waals surface area (Å²) in [6, 6.07) is 14.1. The molecule has 7 nitrogen and oxygen atoms in total. The zero-order valence-electron chi connectivity index (χ0n) is 18.8. The molecule has 4 rings (SSSR count). The molecule has 8 heteroatoms. The van der Waals surface area contributed by atoms with Crippen molar-refractivity contribution >= 4 is 5.91 Å². The molecule has 1 aliphatic rings. The van der Waals surface area contributed by atoms with Gasteiger partial charge in [-0.2, -0.15) is 0 Å². The van der Waals surface area contributed by atoms with Crippen LogP contribution in [0, 0.1) is 5.82 Å². The molecule has 1 aliphatic heterocycles. The van der Waals surface area contributed by atoms with Crippen LogP contribution in [-0.4, -0.2) is 28.8 Å². The number of hydrogen-bond donors (Lipinski definition) is 1. The Morgan fingerprint density at radius 2 is 1.76 bits per heavy atom. The molecular weight excluding hydrogens is 425 g/mol. The smallest absolute Gasteiger partial charge is 0.273 e. The summed E-state index contributed by atoms with van der Waals surface area (Å²) in [5.74, 6) is 1.42. The molecular formula is C25H28FN3O4. The van der Waals surface area contributed by atoms with E-state index in [4.69, 9.17) is 14.0 Å². The summed E-state index contributed by atoms with van der Waals surface area (Å²) in [7, 11) is 0. The Bertz CT molecular complexity index is 1080. The van der Waals surface area contributed by atoms with E-state index in [1.807, 2.05) is 18.2 Å². The number of fused-ring (bicyclic) bond motifs is 1. The van der Waals surface area contributed by atoms with Crippen molar-refractivity contribution in [1.82, 2.24) is 15.4 Å². The molecule has 1 amide bonds. The topological polar surface area (TPSA) is 76.8 Å². The van der Waals surface area contributed by atoms with Gasteiger partial charge < -0.3 is 19.3 Å². The van der Waals surface area contributed by atoms with Gasteiger partial charge >= 0.3 is 0 Å². The number of carbonyl (C=O) groups is 1. The summed E-state index contributed by atoms with van der Waals surface area (Å²) in [5, 5.41) is 6.82. The molecule has 0 unspecified atom stereocenters. The van der Waals surface area contributed by atoms with E-state index >= 15 is 0 Å². The molecule has 2 aromatic carbocycles. The number of amides is 1. The van der Waals surface area contributed by atoms with Crippen molar-refractivity contribution in [3.63, 3.8) is 0 Å². The van der Waals surface area contributed by atoms with Gasteiger partial charge in [0.05, 0.1) is 6.54 Å². The normalized spacial score (nSPS) is 12.5. The third kappa shape index (κ3) is 5.70. The van der Waals surface area contributed by atoms with Crippen LogP contribution in [0.1, 0.15) is 54.1 Å². The second kappa shape index (κ2) is 10.5. The van der Waals surface area contributed by atoms with Crippen LogP contribution in [0.2, 0.25) is 0 Å². The fourth-order valence-corrected chi connectivity index (χ4v) is 3.96. The fraction of sp³-hybridized carbons (Fsp3) is 0.360. The van der Waals surface area contributed by atoms with Gasteiger partial charge in [-0.1, -0.05) is 37.2 Å². The summed E-state index contributed by atoms with van der Waals surface area (Å²) in [4.78, 5) is 14.8. The molecule has 0 spiro atoms. The maximum absolute atomic E-state index is 13.3. The lowest BCUT2D eigenvalue weighted by Crippen LogP contribution is -2.33. The molecule has 33 heavy (non-hydrogen) atoms. The van der Waals surface area contributed by atoms with Gasteiger partial charge in [-0.3, -0.25) is 9.69 Å². The number of aromatic nitrogens is 1. The van der Waals surface area contributed by atoms with Crippen molar-refractivity contribution in [2.45, 2.75) is 52.4 Å². The van der Waals surface area contributed by atoms with Crippen molar-refractivity contribution in [1.29, 1.82) is 0 Å². The number of rotatable bonds is 10. The van der Waals surface area contributed by atoms with Gasteiger partial charge in [0.2, 0.25) is 6.79 Å². The number of halogens is 1. The largest absolute Gasteiger partial charge is 0.454 e. The van der Waals surface area contributed by atoms with Gasteiger partial charge in [-0.25, -0.2) is 4.39 Å². The average Bonchev–Trinajstić information content (AvgIpc) is 3.49. The lowest BCUT2D eigenvalue weighted by atomic mass is 10.1. The van der Waals surface area contributed by atoms with Crippen molar-refractivity contribution < 1.29 is 23.2 Å². The van der Waals surface area contributed by atoms with E-state index < -0.39 is 0 Å². The highest BCUT2D eigenvalue weighted by Gasteiger charge is 2.20. The highest BCUT2D eigenvalue weighted by atomic mass is 19.1. The molecule has 0 radical (unpaired) electrons. The van der Waals surface area contributed by atoms with Crippen LogP contribution in [0.4, 0.5) is 4.39 Å². The van der Waals surface area contributed by atoms with Crippen LogP contribution in [0.5, 0.6) is 11.5 Å². The number of benzene rings is 2.